The van der Waals surface area contributed by atoms with Crippen molar-refractivity contribution in [2.75, 3.05) is 74.6 Å². The smallest absolute Gasteiger partial charge is 0.294 e. The largest absolute Gasteiger partial charge is 0.478 e. The standard InChI is InChI=1S/C42H51ClN12O6/c1-24(2)55-39-26(17-33(41(55)60)61-23-35(58)44-3)16-27(18-45-39)47-38-31(43)19-46-42(49-38)54-15-14-53(28(21-54)22-56)20-25-10-12-52(13-11-25)32-7-5-6-29-36(50-51(4)37(29)32)30-8-9-34(57)48-40(30)59/h5-7,16-19,24-25,28,30,56H,8-15,20-23H2,1-4H3,(H,44,58)(H,46,47,49)(H,48,57,59)/t28-,30?/m1/s1. The van der Waals surface area contributed by atoms with Crippen LogP contribution in [0.1, 0.15) is 57.2 Å². The molecule has 5 aromatic rings. The monoisotopic (exact) mass is 854 g/mol. The van der Waals surface area contributed by atoms with Gasteiger partial charge in [0.2, 0.25) is 17.8 Å². The van der Waals surface area contributed by atoms with Crippen LogP contribution in [0.3, 0.4) is 0 Å². The van der Waals surface area contributed by atoms with E-state index in [4.69, 9.17) is 26.4 Å². The zero-order valence-corrected chi connectivity index (χ0v) is 35.5. The van der Waals surface area contributed by atoms with Gasteiger partial charge in [-0.15, -0.1) is 0 Å². The van der Waals surface area contributed by atoms with Crippen molar-refractivity contribution in [2.24, 2.45) is 13.0 Å². The van der Waals surface area contributed by atoms with Crippen molar-refractivity contribution in [1.82, 2.24) is 44.8 Å². The zero-order chi connectivity index (χ0) is 42.9. The zero-order valence-electron chi connectivity index (χ0n) is 34.7. The number of benzene rings is 1. The lowest BCUT2D eigenvalue weighted by Crippen LogP contribution is -2.56. The number of carbonyl (C=O) groups excluding carboxylic acids is 3. The molecule has 322 valence electrons. The molecule has 8 rings (SSSR count). The Kier molecular flexibility index (Phi) is 12.1. The SMILES string of the molecule is CNC(=O)COc1cc2cc(Nc3nc(N4CCN(CC5CCN(c6cccc7c(C8CCC(=O)NC8=O)nn(C)c67)CC5)[C@@H](CO)C4)ncc3Cl)cnc2n(C(C)C)c1=O. The molecule has 3 amide bonds. The Morgan fingerprint density at radius 3 is 2.59 bits per heavy atom. The Labute approximate surface area is 357 Å². The van der Waals surface area contributed by atoms with Gasteiger partial charge in [0, 0.05) is 76.6 Å². The van der Waals surface area contributed by atoms with E-state index >= 15 is 0 Å². The topological polar surface area (TPSA) is 205 Å². The van der Waals surface area contributed by atoms with E-state index in [9.17, 15) is 24.3 Å². The number of halogens is 1. The fourth-order valence-corrected chi connectivity index (χ4v) is 8.93. The highest BCUT2D eigenvalue weighted by molar-refractivity contribution is 6.33. The third-order valence-corrected chi connectivity index (χ3v) is 12.3. The first-order valence-electron chi connectivity index (χ1n) is 20.7. The first-order valence-corrected chi connectivity index (χ1v) is 21.1. The van der Waals surface area contributed by atoms with Crippen molar-refractivity contribution >= 4 is 74.4 Å². The van der Waals surface area contributed by atoms with Gasteiger partial charge in [-0.3, -0.25) is 38.6 Å². The number of hydrogen-bond donors (Lipinski definition) is 4. The number of piperazine rings is 1. The van der Waals surface area contributed by atoms with E-state index in [1.807, 2.05) is 43.8 Å². The number of anilines is 4. The summed E-state index contributed by atoms with van der Waals surface area (Å²) in [4.78, 5) is 70.4. The minimum Gasteiger partial charge on any atom is -0.478 e. The van der Waals surface area contributed by atoms with Gasteiger partial charge in [-0.1, -0.05) is 23.7 Å². The molecule has 3 fully saturated rings. The van der Waals surface area contributed by atoms with Crippen LogP contribution in [0.2, 0.25) is 5.02 Å². The first-order chi connectivity index (χ1) is 29.4. The average Bonchev–Trinajstić information content (AvgIpc) is 3.59. The van der Waals surface area contributed by atoms with Crippen LogP contribution < -0.4 is 36.0 Å². The number of aryl methyl sites for hydroxylation is 1. The average molecular weight is 855 g/mol. The summed E-state index contributed by atoms with van der Waals surface area (Å²) in [6.45, 7) is 7.99. The summed E-state index contributed by atoms with van der Waals surface area (Å²) in [7, 11) is 3.41. The van der Waals surface area contributed by atoms with Gasteiger partial charge in [0.25, 0.3) is 11.5 Å². The predicted molar refractivity (Wildman–Crippen MR) is 232 cm³/mol. The van der Waals surface area contributed by atoms with Crippen LogP contribution in [0.15, 0.2) is 47.5 Å². The van der Waals surface area contributed by atoms with E-state index in [0.29, 0.717) is 71.1 Å². The number of carbonyl (C=O) groups is 3. The Hall–Kier alpha value is -5.85. The van der Waals surface area contributed by atoms with Crippen molar-refractivity contribution in [2.45, 2.75) is 57.5 Å². The molecule has 61 heavy (non-hydrogen) atoms. The summed E-state index contributed by atoms with van der Waals surface area (Å²) in [6, 6.07) is 9.21. The van der Waals surface area contributed by atoms with Crippen molar-refractivity contribution < 1.29 is 24.2 Å². The second kappa shape index (κ2) is 17.6. The second-order valence-corrected chi connectivity index (χ2v) is 16.7. The lowest BCUT2D eigenvalue weighted by Gasteiger charge is -2.43. The minimum absolute atomic E-state index is 0.00886. The predicted octanol–water partition coefficient (Wildman–Crippen LogP) is 3.10. The highest BCUT2D eigenvalue weighted by Gasteiger charge is 2.34. The maximum Gasteiger partial charge on any atom is 0.294 e. The molecule has 1 unspecified atom stereocenters. The van der Waals surface area contributed by atoms with E-state index in [2.05, 4.69) is 46.7 Å². The molecule has 2 atom stereocenters. The third kappa shape index (κ3) is 8.56. The van der Waals surface area contributed by atoms with E-state index in [0.717, 1.165) is 55.6 Å². The summed E-state index contributed by atoms with van der Waals surface area (Å²) in [6.07, 6.45) is 5.90. The number of aliphatic hydroxyl groups is 1. The molecule has 3 aliphatic rings. The molecule has 0 saturated carbocycles. The number of imide groups is 1. The number of aromatic nitrogens is 6. The Morgan fingerprint density at radius 1 is 1.05 bits per heavy atom. The highest BCUT2D eigenvalue weighted by atomic mass is 35.5. The molecular weight excluding hydrogens is 804 g/mol. The first kappa shape index (κ1) is 41.9. The number of nitrogens with zero attached hydrogens (tertiary/aromatic N) is 9. The Bertz CT molecular complexity index is 2540. The quantitative estimate of drug-likeness (QED) is 0.133. The molecule has 7 heterocycles. The second-order valence-electron chi connectivity index (χ2n) is 16.3. The summed E-state index contributed by atoms with van der Waals surface area (Å²) in [5.74, 6) is 0.0216. The molecule has 4 N–H and O–H groups in total. The van der Waals surface area contributed by atoms with E-state index in [1.54, 1.807) is 18.5 Å². The molecule has 3 saturated heterocycles. The normalized spacial score (nSPS) is 19.2. The van der Waals surface area contributed by atoms with Gasteiger partial charge in [-0.25, -0.2) is 9.97 Å². The molecular formula is C42H51ClN12O6. The lowest BCUT2D eigenvalue weighted by molar-refractivity contribution is -0.134. The molecule has 1 aromatic carbocycles. The van der Waals surface area contributed by atoms with Gasteiger partial charge in [0.05, 0.1) is 53.5 Å². The number of pyridine rings is 2. The summed E-state index contributed by atoms with van der Waals surface area (Å²) >= 11 is 6.61. The number of piperidine rings is 2. The third-order valence-electron chi connectivity index (χ3n) is 12.0. The van der Waals surface area contributed by atoms with Gasteiger partial charge in [0.15, 0.2) is 18.2 Å². The maximum absolute atomic E-state index is 13.2. The van der Waals surface area contributed by atoms with Crippen molar-refractivity contribution in [3.05, 3.63) is 63.8 Å². The van der Waals surface area contributed by atoms with Gasteiger partial charge in [0.1, 0.15) is 10.7 Å². The summed E-state index contributed by atoms with van der Waals surface area (Å²) < 4.78 is 8.98. The van der Waals surface area contributed by atoms with Crippen LogP contribution in [0.4, 0.5) is 23.1 Å². The molecule has 0 aliphatic carbocycles. The number of hydrogen-bond acceptors (Lipinski definition) is 14. The van der Waals surface area contributed by atoms with E-state index in [-0.39, 0.29) is 54.3 Å². The van der Waals surface area contributed by atoms with Gasteiger partial charge < -0.3 is 30.3 Å². The van der Waals surface area contributed by atoms with Crippen LogP contribution in [0.5, 0.6) is 5.75 Å². The molecule has 0 bridgehead atoms. The highest BCUT2D eigenvalue weighted by Crippen LogP contribution is 2.36. The molecule has 19 heteroatoms. The van der Waals surface area contributed by atoms with Crippen molar-refractivity contribution in [3.63, 3.8) is 0 Å². The molecule has 4 aromatic heterocycles. The Morgan fingerprint density at radius 2 is 1.85 bits per heavy atom. The summed E-state index contributed by atoms with van der Waals surface area (Å²) in [5, 5.41) is 25.5. The number of ether oxygens (including phenoxy) is 1. The number of fused-ring (bicyclic) bond motifs is 2. The molecule has 18 nitrogen and oxygen atoms in total. The number of rotatable bonds is 12. The number of amides is 3. The van der Waals surface area contributed by atoms with Crippen LogP contribution >= 0.6 is 11.6 Å². The van der Waals surface area contributed by atoms with Crippen molar-refractivity contribution in [3.8, 4) is 5.75 Å². The lowest BCUT2D eigenvalue weighted by atomic mass is 9.92. The van der Waals surface area contributed by atoms with Crippen LogP contribution in [-0.4, -0.2) is 123 Å². The number of nitrogens with one attached hydrogen (secondary N) is 3. The van der Waals surface area contributed by atoms with Crippen LogP contribution in [0, 0.1) is 5.92 Å². The van der Waals surface area contributed by atoms with Crippen molar-refractivity contribution in [1.29, 1.82) is 0 Å². The van der Waals surface area contributed by atoms with Crippen LogP contribution in [0.25, 0.3) is 21.9 Å². The summed E-state index contributed by atoms with van der Waals surface area (Å²) in [5.41, 5.74) is 3.46. The van der Waals surface area contributed by atoms with Gasteiger partial charge in [-0.05, 0) is 57.2 Å². The fraction of sp³-hybridized carbons (Fsp3) is 0.476. The molecule has 0 spiro atoms. The fourth-order valence-electron chi connectivity index (χ4n) is 8.79. The number of likely N-dealkylation sites (N-methyl/N-ethyl adjacent to an activating group) is 1. The van der Waals surface area contributed by atoms with E-state index in [1.165, 1.54) is 11.6 Å². The maximum atomic E-state index is 13.2. The van der Waals surface area contributed by atoms with E-state index < -0.39 is 5.92 Å². The van der Waals surface area contributed by atoms with Crippen LogP contribution in [-0.2, 0) is 21.4 Å². The molecule has 0 radical (unpaired) electrons. The molecule has 3 aliphatic heterocycles. The number of para-hydroxylation sites is 1. The van der Waals surface area contributed by atoms with Gasteiger partial charge >= 0.3 is 0 Å². The minimum atomic E-state index is -0.450. The Balaban J connectivity index is 0.909. The van der Waals surface area contributed by atoms with Gasteiger partial charge in [-0.2, -0.15) is 10.1 Å². The number of aliphatic hydroxyl groups excluding tert-OH is 1.